The summed E-state index contributed by atoms with van der Waals surface area (Å²) in [5.74, 6) is 0. The minimum atomic E-state index is 0.0526. The number of nitrogens with one attached hydrogen (secondary N) is 1. The Bertz CT molecular complexity index is 83.3. The van der Waals surface area contributed by atoms with Gasteiger partial charge in [-0.3, -0.25) is 0 Å². The molecule has 1 atom stereocenters. The van der Waals surface area contributed by atoms with Crippen molar-refractivity contribution in [1.29, 1.82) is 0 Å². The average Bonchev–Trinajstić information content (AvgIpc) is 1.98. The Morgan fingerprint density at radius 2 is 2.30 bits per heavy atom. The fraction of sp³-hybridized carbons (Fsp3) is 0.750. The molecule has 0 saturated carbocycles. The minimum Gasteiger partial charge on any atom is -0.301 e. The molecule has 0 aromatic rings. The molecule has 1 radical (unpaired) electrons. The lowest BCUT2D eigenvalue weighted by molar-refractivity contribution is 0.633. The molecule has 59 valence electrons. The van der Waals surface area contributed by atoms with E-state index >= 15 is 0 Å². The smallest absolute Gasteiger partial charge is 0.0820 e. The number of hydrogen-bond acceptors (Lipinski definition) is 1. The maximum atomic E-state index is 4.96. The van der Waals surface area contributed by atoms with Crippen LogP contribution in [0.15, 0.2) is 12.7 Å². The van der Waals surface area contributed by atoms with Crippen LogP contribution in [0, 0.1) is 0 Å². The molecule has 2 heteroatoms. The van der Waals surface area contributed by atoms with Gasteiger partial charge < -0.3 is 5.32 Å². The lowest BCUT2D eigenvalue weighted by Crippen LogP contribution is -2.22. The van der Waals surface area contributed by atoms with Crippen LogP contribution in [0.4, 0.5) is 0 Å². The van der Waals surface area contributed by atoms with Crippen LogP contribution in [0.25, 0.3) is 0 Å². The zero-order chi connectivity index (χ0) is 7.82. The van der Waals surface area contributed by atoms with Gasteiger partial charge in [-0.15, -0.1) is 6.58 Å². The van der Waals surface area contributed by atoms with E-state index in [2.05, 4.69) is 18.8 Å². The van der Waals surface area contributed by atoms with Crippen molar-refractivity contribution in [3.05, 3.63) is 12.7 Å². The predicted molar refractivity (Wildman–Crippen MR) is 49.1 cm³/mol. The van der Waals surface area contributed by atoms with Gasteiger partial charge in [-0.2, -0.15) is 0 Å². The molecule has 0 aliphatic heterocycles. The van der Waals surface area contributed by atoms with Gasteiger partial charge in [-0.05, 0) is 13.0 Å². The predicted octanol–water partition coefficient (Wildman–Crippen LogP) is 2.48. The summed E-state index contributed by atoms with van der Waals surface area (Å²) in [4.78, 5) is 0. The van der Waals surface area contributed by atoms with Crippen molar-refractivity contribution in [1.82, 2.24) is 5.32 Å². The summed E-state index contributed by atoms with van der Waals surface area (Å²) in [6.45, 7) is 6.81. The van der Waals surface area contributed by atoms with Gasteiger partial charge in [-0.25, -0.2) is 0 Å². The summed E-state index contributed by atoms with van der Waals surface area (Å²) in [5.41, 5.74) is 0. The molecule has 1 nitrogen and oxygen atoms in total. The van der Waals surface area contributed by atoms with Gasteiger partial charge >= 0.3 is 0 Å². The van der Waals surface area contributed by atoms with E-state index in [1.807, 2.05) is 0 Å². The molecular formula is C8H16NS. The highest BCUT2D eigenvalue weighted by Crippen LogP contribution is 1.94. The summed E-state index contributed by atoms with van der Waals surface area (Å²) < 4.78 is 0. The lowest BCUT2D eigenvalue weighted by atomic mass is 10.2. The van der Waals surface area contributed by atoms with E-state index in [-0.39, 0.29) is 5.37 Å². The Kier molecular flexibility index (Phi) is 7.20. The van der Waals surface area contributed by atoms with Crippen molar-refractivity contribution in [3.8, 4) is 0 Å². The molecule has 0 fully saturated rings. The molecule has 0 aromatic carbocycles. The van der Waals surface area contributed by atoms with Crippen LogP contribution in [-0.4, -0.2) is 11.9 Å². The normalized spacial score (nSPS) is 13.0. The molecule has 0 spiro atoms. The number of unbranched alkanes of at least 4 members (excludes halogenated alkanes) is 2. The van der Waals surface area contributed by atoms with Crippen LogP contribution in [-0.2, 0) is 0 Å². The summed E-state index contributed by atoms with van der Waals surface area (Å²) >= 11 is 4.96. The highest BCUT2D eigenvalue weighted by Gasteiger charge is 1.93. The fourth-order valence-corrected chi connectivity index (χ4v) is 0.821. The number of rotatable bonds is 6. The first-order chi connectivity index (χ1) is 4.81. The van der Waals surface area contributed by atoms with Crippen molar-refractivity contribution in [2.24, 2.45) is 0 Å². The lowest BCUT2D eigenvalue weighted by Gasteiger charge is -2.05. The van der Waals surface area contributed by atoms with Crippen LogP contribution < -0.4 is 5.32 Å². The molecule has 1 unspecified atom stereocenters. The molecule has 10 heavy (non-hydrogen) atoms. The molecule has 0 heterocycles. The minimum absolute atomic E-state index is 0.0526. The second kappa shape index (κ2) is 7.16. The van der Waals surface area contributed by atoms with E-state index in [1.54, 1.807) is 6.08 Å². The van der Waals surface area contributed by atoms with Gasteiger partial charge in [0.2, 0.25) is 0 Å². The third-order valence-corrected chi connectivity index (χ3v) is 1.70. The first-order valence-electron chi connectivity index (χ1n) is 3.83. The average molecular weight is 158 g/mol. The molecule has 0 aliphatic rings. The summed E-state index contributed by atoms with van der Waals surface area (Å²) in [5, 5.41) is 3.22. The van der Waals surface area contributed by atoms with Crippen molar-refractivity contribution < 1.29 is 0 Å². The van der Waals surface area contributed by atoms with Crippen LogP contribution >= 0.6 is 12.6 Å². The standard InChI is InChI=1S/C8H16NS/c1-3-5-6-7-9-8(10)4-2/h4,8-9H,2-3,5-7H2,1H3. The molecular weight excluding hydrogens is 142 g/mol. The van der Waals surface area contributed by atoms with Crippen LogP contribution in [0.3, 0.4) is 0 Å². The molecule has 1 N–H and O–H groups in total. The topological polar surface area (TPSA) is 12.0 Å². The molecule has 0 bridgehead atoms. The SMILES string of the molecule is C=CC([S])NCCCCC. The first-order valence-corrected chi connectivity index (χ1v) is 4.30. The molecule has 0 saturated heterocycles. The quantitative estimate of drug-likeness (QED) is 0.462. The highest BCUT2D eigenvalue weighted by atomic mass is 32.1. The largest absolute Gasteiger partial charge is 0.301 e. The van der Waals surface area contributed by atoms with Gasteiger partial charge in [0.1, 0.15) is 0 Å². The van der Waals surface area contributed by atoms with Gasteiger partial charge in [0.05, 0.1) is 5.37 Å². The fourth-order valence-electron chi connectivity index (χ4n) is 0.703. The Morgan fingerprint density at radius 1 is 1.60 bits per heavy atom. The van der Waals surface area contributed by atoms with Crippen molar-refractivity contribution in [2.75, 3.05) is 6.54 Å². The second-order valence-electron chi connectivity index (χ2n) is 2.32. The molecule has 0 rings (SSSR count). The van der Waals surface area contributed by atoms with Crippen LogP contribution in [0.2, 0.25) is 0 Å². The molecule has 0 aromatic heterocycles. The zero-order valence-corrected chi connectivity index (χ0v) is 7.41. The maximum Gasteiger partial charge on any atom is 0.0820 e. The van der Waals surface area contributed by atoms with E-state index in [0.717, 1.165) is 6.54 Å². The molecule has 0 amide bonds. The van der Waals surface area contributed by atoms with Crippen molar-refractivity contribution in [3.63, 3.8) is 0 Å². The Morgan fingerprint density at radius 3 is 2.80 bits per heavy atom. The third kappa shape index (κ3) is 6.17. The molecule has 0 aliphatic carbocycles. The van der Waals surface area contributed by atoms with E-state index in [1.165, 1.54) is 19.3 Å². The van der Waals surface area contributed by atoms with E-state index in [9.17, 15) is 0 Å². The van der Waals surface area contributed by atoms with Crippen LogP contribution in [0.1, 0.15) is 26.2 Å². The van der Waals surface area contributed by atoms with Gasteiger partial charge in [-0.1, -0.05) is 38.5 Å². The van der Waals surface area contributed by atoms with E-state index < -0.39 is 0 Å². The highest BCUT2D eigenvalue weighted by molar-refractivity contribution is 7.81. The summed E-state index contributed by atoms with van der Waals surface area (Å²) in [7, 11) is 0. The maximum absolute atomic E-state index is 4.96. The summed E-state index contributed by atoms with van der Waals surface area (Å²) in [6.07, 6.45) is 5.52. The monoisotopic (exact) mass is 158 g/mol. The Balaban J connectivity index is 2.95. The van der Waals surface area contributed by atoms with Crippen molar-refractivity contribution >= 4 is 12.6 Å². The van der Waals surface area contributed by atoms with Gasteiger partial charge in [0.15, 0.2) is 0 Å². The van der Waals surface area contributed by atoms with E-state index in [0.29, 0.717) is 0 Å². The van der Waals surface area contributed by atoms with Crippen LogP contribution in [0.5, 0.6) is 0 Å². The van der Waals surface area contributed by atoms with Gasteiger partial charge in [0.25, 0.3) is 0 Å². The third-order valence-electron chi connectivity index (χ3n) is 1.34. The Labute approximate surface area is 69.3 Å². The number of hydrogen-bond donors (Lipinski definition) is 1. The first kappa shape index (κ1) is 10.0. The zero-order valence-electron chi connectivity index (χ0n) is 6.60. The van der Waals surface area contributed by atoms with Crippen molar-refractivity contribution in [2.45, 2.75) is 31.6 Å². The Hall–Kier alpha value is 0.0500. The summed E-state index contributed by atoms with van der Waals surface area (Å²) in [6, 6.07) is 0. The van der Waals surface area contributed by atoms with Gasteiger partial charge in [0, 0.05) is 0 Å². The second-order valence-corrected chi connectivity index (χ2v) is 2.83. The van der Waals surface area contributed by atoms with E-state index in [4.69, 9.17) is 12.6 Å².